The number of nitrogens with zero attached hydrogens (tertiary/aromatic N) is 6. The lowest BCUT2D eigenvalue weighted by Crippen LogP contribution is -2.47. The molecule has 0 atom stereocenters. The highest BCUT2D eigenvalue weighted by Gasteiger charge is 2.20. The van der Waals surface area contributed by atoms with Crippen LogP contribution in [0.5, 0.6) is 0 Å². The molecule has 154 valence electrons. The molecule has 2 aromatic carbocycles. The smallest absolute Gasteiger partial charge is 0.151 e. The molecular weight excluding hydrogens is 384 g/mol. The van der Waals surface area contributed by atoms with Gasteiger partial charge in [-0.2, -0.15) is 0 Å². The van der Waals surface area contributed by atoms with Crippen LogP contribution in [0, 0.1) is 6.92 Å². The van der Waals surface area contributed by atoms with Crippen LogP contribution in [0.15, 0.2) is 78.9 Å². The SMILES string of the molecule is Cc1nc(-c2ccccc2)cc(N2CCN(c3ccc(-c4ccccc4)nn3)CC2)n1. The summed E-state index contributed by atoms with van der Waals surface area (Å²) in [5, 5.41) is 8.91. The predicted octanol–water partition coefficient (Wildman–Crippen LogP) is 4.24. The first kappa shape index (κ1) is 19.2. The quantitative estimate of drug-likeness (QED) is 0.504. The standard InChI is InChI=1S/C25H24N6/c1-19-26-23(21-10-6-3-7-11-21)18-25(27-19)31-16-14-30(15-17-31)24-13-12-22(28-29-24)20-8-4-2-5-9-20/h2-13,18H,14-17H2,1H3. The third kappa shape index (κ3) is 4.23. The fraction of sp³-hybridized carbons (Fsp3) is 0.200. The topological polar surface area (TPSA) is 58.0 Å². The normalized spacial score (nSPS) is 14.0. The van der Waals surface area contributed by atoms with E-state index in [1.165, 1.54) is 0 Å². The van der Waals surface area contributed by atoms with Gasteiger partial charge in [0.25, 0.3) is 0 Å². The highest BCUT2D eigenvalue weighted by Crippen LogP contribution is 2.24. The molecule has 0 spiro atoms. The first-order chi connectivity index (χ1) is 15.3. The number of aromatic nitrogens is 4. The molecule has 0 aliphatic carbocycles. The van der Waals surface area contributed by atoms with E-state index in [-0.39, 0.29) is 0 Å². The van der Waals surface area contributed by atoms with Gasteiger partial charge in [0.1, 0.15) is 11.6 Å². The molecule has 0 unspecified atom stereocenters. The van der Waals surface area contributed by atoms with Gasteiger partial charge in [-0.05, 0) is 19.1 Å². The highest BCUT2D eigenvalue weighted by molar-refractivity contribution is 5.63. The second-order valence-electron chi connectivity index (χ2n) is 7.64. The summed E-state index contributed by atoms with van der Waals surface area (Å²) in [6.07, 6.45) is 0. The van der Waals surface area contributed by atoms with E-state index >= 15 is 0 Å². The van der Waals surface area contributed by atoms with Crippen LogP contribution in [0.4, 0.5) is 11.6 Å². The molecule has 0 amide bonds. The molecule has 0 N–H and O–H groups in total. The van der Waals surface area contributed by atoms with E-state index in [0.29, 0.717) is 0 Å². The third-order valence-corrected chi connectivity index (χ3v) is 5.54. The van der Waals surface area contributed by atoms with Gasteiger partial charge >= 0.3 is 0 Å². The maximum atomic E-state index is 4.69. The summed E-state index contributed by atoms with van der Waals surface area (Å²) in [7, 11) is 0. The number of hydrogen-bond donors (Lipinski definition) is 0. The summed E-state index contributed by atoms with van der Waals surface area (Å²) >= 11 is 0. The fourth-order valence-electron chi connectivity index (χ4n) is 3.89. The monoisotopic (exact) mass is 408 g/mol. The predicted molar refractivity (Wildman–Crippen MR) is 124 cm³/mol. The van der Waals surface area contributed by atoms with Gasteiger partial charge in [0.2, 0.25) is 0 Å². The van der Waals surface area contributed by atoms with Crippen molar-refractivity contribution in [3.05, 3.63) is 84.7 Å². The zero-order valence-corrected chi connectivity index (χ0v) is 17.5. The highest BCUT2D eigenvalue weighted by atomic mass is 15.3. The summed E-state index contributed by atoms with van der Waals surface area (Å²) in [6, 6.07) is 26.6. The molecule has 3 heterocycles. The van der Waals surface area contributed by atoms with Gasteiger partial charge in [-0.25, -0.2) is 9.97 Å². The maximum Gasteiger partial charge on any atom is 0.151 e. The summed E-state index contributed by atoms with van der Waals surface area (Å²) < 4.78 is 0. The average Bonchev–Trinajstić information content (AvgIpc) is 2.85. The number of anilines is 2. The van der Waals surface area contributed by atoms with Crippen LogP contribution in [0.1, 0.15) is 5.82 Å². The molecule has 0 radical (unpaired) electrons. The summed E-state index contributed by atoms with van der Waals surface area (Å²) in [5.74, 6) is 2.70. The molecule has 5 rings (SSSR count). The molecule has 6 nitrogen and oxygen atoms in total. The lowest BCUT2D eigenvalue weighted by atomic mass is 10.1. The molecule has 2 aromatic heterocycles. The summed E-state index contributed by atoms with van der Waals surface area (Å²) in [6.45, 7) is 5.47. The first-order valence-corrected chi connectivity index (χ1v) is 10.6. The van der Waals surface area contributed by atoms with Gasteiger partial charge in [0.15, 0.2) is 5.82 Å². The lowest BCUT2D eigenvalue weighted by Gasteiger charge is -2.36. The van der Waals surface area contributed by atoms with Crippen molar-refractivity contribution in [2.24, 2.45) is 0 Å². The van der Waals surface area contributed by atoms with E-state index in [9.17, 15) is 0 Å². The third-order valence-electron chi connectivity index (χ3n) is 5.54. The minimum Gasteiger partial charge on any atom is -0.353 e. The molecule has 1 saturated heterocycles. The largest absolute Gasteiger partial charge is 0.353 e. The Morgan fingerprint density at radius 2 is 1.16 bits per heavy atom. The van der Waals surface area contributed by atoms with Crippen LogP contribution < -0.4 is 9.80 Å². The Morgan fingerprint density at radius 3 is 1.74 bits per heavy atom. The molecular formula is C25H24N6. The van der Waals surface area contributed by atoms with Crippen molar-refractivity contribution in [1.82, 2.24) is 20.2 Å². The van der Waals surface area contributed by atoms with Crippen molar-refractivity contribution in [1.29, 1.82) is 0 Å². The number of rotatable bonds is 4. The van der Waals surface area contributed by atoms with E-state index < -0.39 is 0 Å². The van der Waals surface area contributed by atoms with Crippen LogP contribution in [0.3, 0.4) is 0 Å². The van der Waals surface area contributed by atoms with Crippen LogP contribution >= 0.6 is 0 Å². The Bertz CT molecular complexity index is 1140. The van der Waals surface area contributed by atoms with E-state index in [2.05, 4.69) is 61.4 Å². The molecule has 31 heavy (non-hydrogen) atoms. The number of hydrogen-bond acceptors (Lipinski definition) is 6. The summed E-state index contributed by atoms with van der Waals surface area (Å²) in [5.41, 5.74) is 4.06. The van der Waals surface area contributed by atoms with Crippen molar-refractivity contribution in [2.45, 2.75) is 6.92 Å². The Morgan fingerprint density at radius 1 is 0.581 bits per heavy atom. The van der Waals surface area contributed by atoms with Crippen LogP contribution in [-0.4, -0.2) is 46.3 Å². The Kier molecular flexibility index (Phi) is 5.27. The Hall–Kier alpha value is -3.80. The van der Waals surface area contributed by atoms with Crippen LogP contribution in [0.2, 0.25) is 0 Å². The van der Waals surface area contributed by atoms with Gasteiger partial charge in [0, 0.05) is 43.4 Å². The van der Waals surface area contributed by atoms with Gasteiger partial charge in [-0.1, -0.05) is 60.7 Å². The van der Waals surface area contributed by atoms with Crippen molar-refractivity contribution in [3.63, 3.8) is 0 Å². The van der Waals surface area contributed by atoms with E-state index in [4.69, 9.17) is 4.98 Å². The van der Waals surface area contributed by atoms with Crippen LogP contribution in [-0.2, 0) is 0 Å². The fourth-order valence-corrected chi connectivity index (χ4v) is 3.89. The number of benzene rings is 2. The van der Waals surface area contributed by atoms with Gasteiger partial charge in [0.05, 0.1) is 11.4 Å². The zero-order chi connectivity index (χ0) is 21.0. The van der Waals surface area contributed by atoms with E-state index in [1.807, 2.05) is 49.4 Å². The molecule has 6 heteroatoms. The van der Waals surface area contributed by atoms with Crippen molar-refractivity contribution in [3.8, 4) is 22.5 Å². The molecule has 1 fully saturated rings. The summed E-state index contributed by atoms with van der Waals surface area (Å²) in [4.78, 5) is 13.9. The zero-order valence-electron chi connectivity index (χ0n) is 17.5. The second kappa shape index (κ2) is 8.52. The molecule has 1 aliphatic rings. The minimum atomic E-state index is 0.793. The average molecular weight is 409 g/mol. The van der Waals surface area contributed by atoms with Crippen molar-refractivity contribution >= 4 is 11.6 Å². The maximum absolute atomic E-state index is 4.69. The first-order valence-electron chi connectivity index (χ1n) is 10.6. The van der Waals surface area contributed by atoms with Crippen molar-refractivity contribution in [2.75, 3.05) is 36.0 Å². The minimum absolute atomic E-state index is 0.793. The molecule has 1 aliphatic heterocycles. The lowest BCUT2D eigenvalue weighted by molar-refractivity contribution is 0.637. The van der Waals surface area contributed by atoms with Gasteiger partial charge in [-0.15, -0.1) is 10.2 Å². The number of aryl methyl sites for hydroxylation is 1. The molecule has 0 bridgehead atoms. The molecule has 4 aromatic rings. The van der Waals surface area contributed by atoms with Crippen molar-refractivity contribution < 1.29 is 0 Å². The number of piperazine rings is 1. The second-order valence-corrected chi connectivity index (χ2v) is 7.64. The molecule has 0 saturated carbocycles. The Labute approximate surface area is 182 Å². The van der Waals surface area contributed by atoms with Gasteiger partial charge < -0.3 is 9.80 Å². The van der Waals surface area contributed by atoms with E-state index in [1.54, 1.807) is 0 Å². The Balaban J connectivity index is 1.28. The van der Waals surface area contributed by atoms with Gasteiger partial charge in [-0.3, -0.25) is 0 Å². The van der Waals surface area contributed by atoms with Crippen LogP contribution in [0.25, 0.3) is 22.5 Å². The van der Waals surface area contributed by atoms with E-state index in [0.717, 1.165) is 66.2 Å².